The molecule has 0 atom stereocenters. The Morgan fingerprint density at radius 3 is 2.42 bits per heavy atom. The number of hydrogen-bond acceptors (Lipinski definition) is 7. The maximum Gasteiger partial charge on any atom is 0.433 e. The number of methoxy groups -OCH3 is 1. The van der Waals surface area contributed by atoms with Gasteiger partial charge in [-0.1, -0.05) is 12.1 Å². The number of alkyl halides is 3. The highest BCUT2D eigenvalue weighted by Crippen LogP contribution is 2.41. The number of ether oxygens (including phenoxy) is 1. The highest BCUT2D eigenvalue weighted by atomic mass is 32.2. The zero-order chi connectivity index (χ0) is 26.8. The lowest BCUT2D eigenvalue weighted by atomic mass is 9.70. The summed E-state index contributed by atoms with van der Waals surface area (Å²) < 4.78 is 73.9. The highest BCUT2D eigenvalue weighted by Gasteiger charge is 2.40. The SMILES string of the molecule is COc1cccc(C2(CC(=O)NS(=O)(=O)NC(C)(C)C)CCN(c3nccc(C(F)(F)F)n3)CC2)c1. The minimum Gasteiger partial charge on any atom is -0.497 e. The molecule has 36 heavy (non-hydrogen) atoms. The van der Waals surface area contributed by atoms with Crippen molar-refractivity contribution in [2.24, 2.45) is 0 Å². The van der Waals surface area contributed by atoms with E-state index in [2.05, 4.69) is 19.4 Å². The number of carbonyl (C=O) groups excluding carboxylic acids is 1. The van der Waals surface area contributed by atoms with E-state index in [9.17, 15) is 26.4 Å². The highest BCUT2D eigenvalue weighted by molar-refractivity contribution is 7.88. The van der Waals surface area contributed by atoms with Crippen molar-refractivity contribution in [2.45, 2.75) is 57.2 Å². The summed E-state index contributed by atoms with van der Waals surface area (Å²) in [4.78, 5) is 22.2. The van der Waals surface area contributed by atoms with Gasteiger partial charge in [-0.25, -0.2) is 14.7 Å². The van der Waals surface area contributed by atoms with Gasteiger partial charge < -0.3 is 9.64 Å². The second kappa shape index (κ2) is 10.2. The molecule has 1 aliphatic rings. The maximum atomic E-state index is 13.1. The van der Waals surface area contributed by atoms with Crippen LogP contribution in [0.5, 0.6) is 5.75 Å². The average molecular weight is 530 g/mol. The van der Waals surface area contributed by atoms with E-state index >= 15 is 0 Å². The predicted octanol–water partition coefficient (Wildman–Crippen LogP) is 3.18. The van der Waals surface area contributed by atoms with Gasteiger partial charge in [0.05, 0.1) is 7.11 Å². The van der Waals surface area contributed by atoms with Crippen molar-refractivity contribution in [1.29, 1.82) is 0 Å². The third-order valence-corrected chi connectivity index (χ3v) is 7.18. The molecule has 1 aliphatic heterocycles. The normalized spacial score (nSPS) is 16.5. The van der Waals surface area contributed by atoms with E-state index in [1.165, 1.54) is 7.11 Å². The van der Waals surface area contributed by atoms with Gasteiger partial charge >= 0.3 is 16.4 Å². The van der Waals surface area contributed by atoms with Crippen LogP contribution in [0, 0.1) is 0 Å². The third kappa shape index (κ3) is 7.06. The molecule has 3 rings (SSSR count). The van der Waals surface area contributed by atoms with Crippen LogP contribution in [-0.4, -0.2) is 50.0 Å². The molecule has 1 amide bonds. The largest absolute Gasteiger partial charge is 0.497 e. The van der Waals surface area contributed by atoms with Crippen molar-refractivity contribution in [3.63, 3.8) is 0 Å². The number of benzene rings is 1. The Labute approximate surface area is 208 Å². The number of hydrogen-bond donors (Lipinski definition) is 2. The van der Waals surface area contributed by atoms with E-state index in [0.717, 1.165) is 17.8 Å². The minimum absolute atomic E-state index is 0.0505. The maximum absolute atomic E-state index is 13.1. The van der Waals surface area contributed by atoms with Crippen molar-refractivity contribution in [1.82, 2.24) is 19.4 Å². The smallest absolute Gasteiger partial charge is 0.433 e. The van der Waals surface area contributed by atoms with Gasteiger partial charge in [-0.2, -0.15) is 26.3 Å². The zero-order valence-corrected chi connectivity index (χ0v) is 21.3. The van der Waals surface area contributed by atoms with Crippen molar-refractivity contribution < 1.29 is 31.1 Å². The first kappa shape index (κ1) is 27.7. The Bertz CT molecular complexity index is 1190. The standard InChI is InChI=1S/C23H30F3N5O4S/c1-21(2,3)30-36(33,34)29-19(32)15-22(16-6-5-7-17(14-16)35-4)9-12-31(13-10-22)20-27-11-8-18(28-20)23(24,25)26/h5-8,11,14,30H,9-10,12-13,15H2,1-4H3,(H,29,32). The second-order valence-electron chi connectivity index (χ2n) is 9.80. The van der Waals surface area contributed by atoms with Crippen molar-refractivity contribution in [3.05, 3.63) is 47.8 Å². The molecule has 2 N–H and O–H groups in total. The van der Waals surface area contributed by atoms with Gasteiger partial charge in [0, 0.05) is 36.7 Å². The Morgan fingerprint density at radius 1 is 1.17 bits per heavy atom. The predicted molar refractivity (Wildman–Crippen MR) is 128 cm³/mol. The number of rotatable bonds is 7. The summed E-state index contributed by atoms with van der Waals surface area (Å²) in [5, 5.41) is 0. The molecule has 1 aromatic carbocycles. The lowest BCUT2D eigenvalue weighted by molar-refractivity contribution is -0.141. The number of nitrogens with one attached hydrogen (secondary N) is 2. The average Bonchev–Trinajstić information content (AvgIpc) is 2.77. The summed E-state index contributed by atoms with van der Waals surface area (Å²) >= 11 is 0. The number of carbonyl (C=O) groups is 1. The first-order valence-corrected chi connectivity index (χ1v) is 12.8. The van der Waals surface area contributed by atoms with Gasteiger partial charge in [0.2, 0.25) is 11.9 Å². The molecule has 0 saturated carbocycles. The summed E-state index contributed by atoms with van der Waals surface area (Å²) in [7, 11) is -2.58. The van der Waals surface area contributed by atoms with Crippen LogP contribution in [-0.2, 0) is 26.6 Å². The lowest BCUT2D eigenvalue weighted by Crippen LogP contribution is -2.51. The summed E-state index contributed by atoms with van der Waals surface area (Å²) in [6.45, 7) is 5.48. The molecule has 0 radical (unpaired) electrons. The fraction of sp³-hybridized carbons (Fsp3) is 0.522. The van der Waals surface area contributed by atoms with Crippen molar-refractivity contribution >= 4 is 22.1 Å². The van der Waals surface area contributed by atoms with Crippen LogP contribution in [0.2, 0.25) is 0 Å². The fourth-order valence-corrected chi connectivity index (χ4v) is 5.46. The van der Waals surface area contributed by atoms with Crippen LogP contribution in [0.4, 0.5) is 19.1 Å². The van der Waals surface area contributed by atoms with E-state index < -0.39 is 38.9 Å². The summed E-state index contributed by atoms with van der Waals surface area (Å²) in [5.41, 5.74) is -1.84. The number of amides is 1. The Morgan fingerprint density at radius 2 is 1.83 bits per heavy atom. The van der Waals surface area contributed by atoms with Crippen LogP contribution in [0.3, 0.4) is 0 Å². The molecule has 1 aromatic heterocycles. The lowest BCUT2D eigenvalue weighted by Gasteiger charge is -2.42. The minimum atomic E-state index is -4.59. The summed E-state index contributed by atoms with van der Waals surface area (Å²) in [5.74, 6) is -0.179. The van der Waals surface area contributed by atoms with Gasteiger partial charge in [0.1, 0.15) is 11.4 Å². The van der Waals surface area contributed by atoms with Crippen LogP contribution in [0.1, 0.15) is 51.3 Å². The molecule has 1 saturated heterocycles. The Hall–Kier alpha value is -2.93. The molecule has 0 unspecified atom stereocenters. The molecule has 0 spiro atoms. The molecule has 13 heteroatoms. The van der Waals surface area contributed by atoms with Gasteiger partial charge in [-0.3, -0.25) is 4.79 Å². The van der Waals surface area contributed by atoms with Gasteiger partial charge in [0.25, 0.3) is 0 Å². The molecule has 0 bridgehead atoms. The summed E-state index contributed by atoms with van der Waals surface area (Å²) in [6, 6.07) is 7.94. The first-order chi connectivity index (χ1) is 16.6. The second-order valence-corrected chi connectivity index (χ2v) is 11.2. The van der Waals surface area contributed by atoms with Crippen LogP contribution >= 0.6 is 0 Å². The first-order valence-electron chi connectivity index (χ1n) is 11.3. The molecule has 2 aromatic rings. The Balaban J connectivity index is 1.85. The molecular weight excluding hydrogens is 499 g/mol. The van der Waals surface area contributed by atoms with E-state index in [4.69, 9.17) is 4.74 Å². The molecule has 2 heterocycles. The third-order valence-electron chi connectivity index (χ3n) is 5.81. The fourth-order valence-electron chi connectivity index (χ4n) is 4.24. The van der Waals surface area contributed by atoms with Crippen LogP contribution in [0.15, 0.2) is 36.5 Å². The quantitative estimate of drug-likeness (QED) is 0.566. The number of halogens is 3. The number of anilines is 1. The van der Waals surface area contributed by atoms with Gasteiger partial charge in [0.15, 0.2) is 0 Å². The zero-order valence-electron chi connectivity index (χ0n) is 20.5. The van der Waals surface area contributed by atoms with E-state index in [0.29, 0.717) is 18.6 Å². The molecule has 0 aliphatic carbocycles. The molecule has 9 nitrogen and oxygen atoms in total. The van der Waals surface area contributed by atoms with E-state index in [-0.39, 0.29) is 25.5 Å². The van der Waals surface area contributed by atoms with Gasteiger partial charge in [-0.05, 0) is 57.4 Å². The van der Waals surface area contributed by atoms with Crippen LogP contribution < -0.4 is 19.1 Å². The van der Waals surface area contributed by atoms with E-state index in [1.807, 2.05) is 6.07 Å². The molecule has 198 valence electrons. The monoisotopic (exact) mass is 529 g/mol. The summed E-state index contributed by atoms with van der Waals surface area (Å²) in [6.07, 6.45) is -2.99. The van der Waals surface area contributed by atoms with Gasteiger partial charge in [-0.15, -0.1) is 0 Å². The number of piperidine rings is 1. The Kier molecular flexibility index (Phi) is 7.84. The molecular formula is C23H30F3N5O4S. The van der Waals surface area contributed by atoms with Crippen molar-refractivity contribution in [3.8, 4) is 5.75 Å². The number of aromatic nitrogens is 2. The van der Waals surface area contributed by atoms with Crippen LogP contribution in [0.25, 0.3) is 0 Å². The topological polar surface area (TPSA) is 114 Å². The van der Waals surface area contributed by atoms with E-state index in [1.54, 1.807) is 43.9 Å². The number of nitrogens with zero attached hydrogens (tertiary/aromatic N) is 3. The van der Waals surface area contributed by atoms with Crippen molar-refractivity contribution in [2.75, 3.05) is 25.1 Å². The molecule has 1 fully saturated rings.